The van der Waals surface area contributed by atoms with Crippen LogP contribution in [0.25, 0.3) is 0 Å². The van der Waals surface area contributed by atoms with E-state index in [0.717, 1.165) is 57.7 Å². The largest absolute Gasteiger partial charge is 0.385 e. The van der Waals surface area contributed by atoms with Gasteiger partial charge in [-0.3, -0.25) is 9.69 Å². The standard InChI is InChI=1S/C18H30N4O2/c1-14(18(24)22-9-4-3-5-10-22)21-11-6-15(7-12-21)16(23)17-19-8-13-20(17)2/h8,13-16,23H,3-7,9-12H2,1-2H3. The van der Waals surface area contributed by atoms with Crippen LogP contribution in [0.1, 0.15) is 51.0 Å². The monoisotopic (exact) mass is 334 g/mol. The van der Waals surface area contributed by atoms with Crippen molar-refractivity contribution in [2.75, 3.05) is 26.2 Å². The van der Waals surface area contributed by atoms with Gasteiger partial charge in [0, 0.05) is 32.5 Å². The van der Waals surface area contributed by atoms with E-state index in [1.54, 1.807) is 6.20 Å². The van der Waals surface area contributed by atoms with Gasteiger partial charge in [-0.25, -0.2) is 4.98 Å². The fourth-order valence-corrected chi connectivity index (χ4v) is 4.03. The summed E-state index contributed by atoms with van der Waals surface area (Å²) in [5.41, 5.74) is 0. The highest BCUT2D eigenvalue weighted by molar-refractivity contribution is 5.81. The Morgan fingerprint density at radius 2 is 1.88 bits per heavy atom. The topological polar surface area (TPSA) is 61.6 Å². The molecule has 1 aromatic heterocycles. The molecule has 2 atom stereocenters. The first-order valence-electron chi connectivity index (χ1n) is 9.26. The minimum Gasteiger partial charge on any atom is -0.385 e. The first-order valence-corrected chi connectivity index (χ1v) is 9.26. The number of aromatic nitrogens is 2. The van der Waals surface area contributed by atoms with Gasteiger partial charge in [0.1, 0.15) is 11.9 Å². The molecule has 2 fully saturated rings. The average Bonchev–Trinajstić information content (AvgIpc) is 3.06. The molecule has 2 unspecified atom stereocenters. The second kappa shape index (κ2) is 7.66. The Kier molecular flexibility index (Phi) is 5.56. The van der Waals surface area contributed by atoms with Gasteiger partial charge >= 0.3 is 0 Å². The van der Waals surface area contributed by atoms with E-state index in [0.29, 0.717) is 0 Å². The van der Waals surface area contributed by atoms with Gasteiger partial charge in [-0.05, 0) is 58.0 Å². The summed E-state index contributed by atoms with van der Waals surface area (Å²) < 4.78 is 1.89. The molecule has 24 heavy (non-hydrogen) atoms. The lowest BCUT2D eigenvalue weighted by Gasteiger charge is -2.39. The van der Waals surface area contributed by atoms with Gasteiger partial charge < -0.3 is 14.6 Å². The highest BCUT2D eigenvalue weighted by Gasteiger charge is 2.33. The SMILES string of the molecule is CC(C(=O)N1CCCCC1)N1CCC(C(O)c2nccn2C)CC1. The minimum atomic E-state index is -0.514. The second-order valence-corrected chi connectivity index (χ2v) is 7.28. The lowest BCUT2D eigenvalue weighted by Crippen LogP contribution is -2.51. The van der Waals surface area contributed by atoms with Crippen LogP contribution in [-0.4, -0.2) is 62.6 Å². The molecule has 0 bridgehead atoms. The fraction of sp³-hybridized carbons (Fsp3) is 0.778. The van der Waals surface area contributed by atoms with Crippen LogP contribution in [0, 0.1) is 5.92 Å². The van der Waals surface area contributed by atoms with Crippen LogP contribution >= 0.6 is 0 Å². The Morgan fingerprint density at radius 3 is 2.46 bits per heavy atom. The van der Waals surface area contributed by atoms with E-state index >= 15 is 0 Å². The van der Waals surface area contributed by atoms with Crippen molar-refractivity contribution in [1.29, 1.82) is 0 Å². The van der Waals surface area contributed by atoms with Gasteiger partial charge in [0.25, 0.3) is 0 Å². The normalized spacial score (nSPS) is 23.2. The van der Waals surface area contributed by atoms with Crippen molar-refractivity contribution < 1.29 is 9.90 Å². The summed E-state index contributed by atoms with van der Waals surface area (Å²) >= 11 is 0. The number of aliphatic hydroxyl groups excluding tert-OH is 1. The summed E-state index contributed by atoms with van der Waals surface area (Å²) in [4.78, 5) is 21.2. The predicted octanol–water partition coefficient (Wildman–Crippen LogP) is 1.57. The van der Waals surface area contributed by atoms with Crippen LogP contribution in [0.5, 0.6) is 0 Å². The third-order valence-corrected chi connectivity index (χ3v) is 5.72. The smallest absolute Gasteiger partial charge is 0.239 e. The molecule has 0 spiro atoms. The maximum atomic E-state index is 12.7. The molecule has 1 amide bonds. The van der Waals surface area contributed by atoms with Crippen LogP contribution in [0.15, 0.2) is 12.4 Å². The van der Waals surface area contributed by atoms with Gasteiger partial charge in [-0.1, -0.05) is 0 Å². The van der Waals surface area contributed by atoms with E-state index in [1.165, 1.54) is 6.42 Å². The van der Waals surface area contributed by atoms with Gasteiger partial charge in [0.15, 0.2) is 0 Å². The summed E-state index contributed by atoms with van der Waals surface area (Å²) in [6.45, 7) is 5.60. The summed E-state index contributed by atoms with van der Waals surface area (Å²) in [5, 5.41) is 10.6. The average molecular weight is 334 g/mol. The number of carbonyl (C=O) groups is 1. The molecule has 1 aromatic rings. The van der Waals surface area contributed by atoms with Gasteiger partial charge in [-0.15, -0.1) is 0 Å². The quantitative estimate of drug-likeness (QED) is 0.908. The number of carbonyl (C=O) groups excluding carboxylic acids is 1. The summed E-state index contributed by atoms with van der Waals surface area (Å²) in [7, 11) is 1.92. The lowest BCUT2D eigenvalue weighted by atomic mass is 9.90. The number of aliphatic hydroxyl groups is 1. The molecule has 0 radical (unpaired) electrons. The first-order chi connectivity index (χ1) is 11.6. The summed E-state index contributed by atoms with van der Waals surface area (Å²) in [6.07, 6.45) is 8.42. The summed E-state index contributed by atoms with van der Waals surface area (Å²) in [6, 6.07) is -0.0469. The Bertz CT molecular complexity index is 545. The summed E-state index contributed by atoms with van der Waals surface area (Å²) in [5.74, 6) is 1.24. The van der Waals surface area contributed by atoms with E-state index in [9.17, 15) is 9.90 Å². The Hall–Kier alpha value is -1.40. The highest BCUT2D eigenvalue weighted by Crippen LogP contribution is 2.30. The molecule has 2 saturated heterocycles. The van der Waals surface area contributed by atoms with Crippen LogP contribution in [0.4, 0.5) is 0 Å². The van der Waals surface area contributed by atoms with E-state index < -0.39 is 6.10 Å². The molecule has 2 aliphatic heterocycles. The Labute approximate surface area is 144 Å². The molecular weight excluding hydrogens is 304 g/mol. The van der Waals surface area contributed by atoms with Crippen LogP contribution in [-0.2, 0) is 11.8 Å². The molecule has 6 heteroatoms. The van der Waals surface area contributed by atoms with Crippen molar-refractivity contribution in [3.05, 3.63) is 18.2 Å². The van der Waals surface area contributed by atoms with E-state index in [-0.39, 0.29) is 17.9 Å². The molecule has 3 rings (SSSR count). The number of rotatable bonds is 4. The van der Waals surface area contributed by atoms with E-state index in [4.69, 9.17) is 0 Å². The molecular formula is C18H30N4O2. The molecule has 0 aromatic carbocycles. The zero-order valence-electron chi connectivity index (χ0n) is 14.9. The highest BCUT2D eigenvalue weighted by atomic mass is 16.3. The second-order valence-electron chi connectivity index (χ2n) is 7.28. The van der Waals surface area contributed by atoms with Crippen LogP contribution in [0.2, 0.25) is 0 Å². The van der Waals surface area contributed by atoms with Crippen molar-refractivity contribution in [2.45, 2.75) is 51.2 Å². The number of piperidine rings is 2. The van der Waals surface area contributed by atoms with Crippen molar-refractivity contribution in [3.8, 4) is 0 Å². The third kappa shape index (κ3) is 3.64. The molecule has 1 N–H and O–H groups in total. The Morgan fingerprint density at radius 1 is 1.21 bits per heavy atom. The first kappa shape index (κ1) is 17.4. The van der Waals surface area contributed by atoms with Gasteiger partial charge in [0.2, 0.25) is 5.91 Å². The van der Waals surface area contributed by atoms with E-state index in [2.05, 4.69) is 9.88 Å². The van der Waals surface area contributed by atoms with Crippen LogP contribution in [0.3, 0.4) is 0 Å². The van der Waals surface area contributed by atoms with Gasteiger partial charge in [-0.2, -0.15) is 0 Å². The van der Waals surface area contributed by atoms with Crippen LogP contribution < -0.4 is 0 Å². The minimum absolute atomic E-state index is 0.0469. The maximum Gasteiger partial charge on any atom is 0.239 e. The molecule has 0 aliphatic carbocycles. The van der Waals surface area contributed by atoms with Crippen molar-refractivity contribution in [3.63, 3.8) is 0 Å². The predicted molar refractivity (Wildman–Crippen MR) is 92.4 cm³/mol. The number of hydrogen-bond donors (Lipinski definition) is 1. The molecule has 6 nitrogen and oxygen atoms in total. The Balaban J connectivity index is 1.52. The maximum absolute atomic E-state index is 12.7. The number of likely N-dealkylation sites (tertiary alicyclic amines) is 2. The number of imidazole rings is 1. The number of aryl methyl sites for hydroxylation is 1. The third-order valence-electron chi connectivity index (χ3n) is 5.72. The van der Waals surface area contributed by atoms with Gasteiger partial charge in [0.05, 0.1) is 6.04 Å². The molecule has 0 saturated carbocycles. The van der Waals surface area contributed by atoms with Crippen molar-refractivity contribution in [1.82, 2.24) is 19.4 Å². The molecule has 2 aliphatic rings. The number of hydrogen-bond acceptors (Lipinski definition) is 4. The van der Waals surface area contributed by atoms with Crippen molar-refractivity contribution in [2.24, 2.45) is 13.0 Å². The zero-order chi connectivity index (χ0) is 17.1. The number of nitrogens with zero attached hydrogens (tertiary/aromatic N) is 4. The molecule has 134 valence electrons. The lowest BCUT2D eigenvalue weighted by molar-refractivity contribution is -0.138. The van der Waals surface area contributed by atoms with E-state index in [1.807, 2.05) is 29.6 Å². The zero-order valence-corrected chi connectivity index (χ0v) is 14.9. The fourth-order valence-electron chi connectivity index (χ4n) is 4.03. The molecule has 3 heterocycles. The number of amides is 1. The van der Waals surface area contributed by atoms with Crippen molar-refractivity contribution >= 4 is 5.91 Å².